The monoisotopic (exact) mass is 897 g/mol. The first-order chi connectivity index (χ1) is 34.2. The van der Waals surface area contributed by atoms with Gasteiger partial charge in [0.25, 0.3) is 0 Å². The molecule has 10 aromatic carbocycles. The maximum absolute atomic E-state index is 5.43. The fraction of sp³-hybridized carbons (Fsp3) is 0. The van der Waals surface area contributed by atoms with Gasteiger partial charge in [-0.1, -0.05) is 206 Å². The summed E-state index contributed by atoms with van der Waals surface area (Å²) in [6, 6.07) is 84.6. The molecule has 0 aliphatic carbocycles. The normalized spacial score (nSPS) is 11.8. The SMILES string of the molecule is c1ccc(-c2ccc(-c3cc(-n4c5ccccc5c5ccc6c7ccccc7n(-c7nc(-c8ccccc8)nc(-c8ccc(-c9ccccc9)cc8)n7)c6c54)c4sc5ccccc5c4c3)cc2)cc1. The van der Waals surface area contributed by atoms with E-state index in [-0.39, 0.29) is 0 Å². The molecule has 4 aromatic heterocycles. The van der Waals surface area contributed by atoms with Gasteiger partial charge in [-0.2, -0.15) is 9.97 Å². The van der Waals surface area contributed by atoms with Crippen molar-refractivity contribution in [3.8, 4) is 67.8 Å². The van der Waals surface area contributed by atoms with Gasteiger partial charge in [-0.3, -0.25) is 4.57 Å². The van der Waals surface area contributed by atoms with E-state index in [2.05, 4.69) is 221 Å². The van der Waals surface area contributed by atoms with E-state index < -0.39 is 0 Å². The Morgan fingerprint density at radius 2 is 0.710 bits per heavy atom. The number of fused-ring (bicyclic) bond motifs is 10. The van der Waals surface area contributed by atoms with Crippen LogP contribution in [0.3, 0.4) is 0 Å². The number of hydrogen-bond donors (Lipinski definition) is 0. The molecule has 5 nitrogen and oxygen atoms in total. The second-order valence-electron chi connectivity index (χ2n) is 17.6. The molecule has 14 rings (SSSR count). The van der Waals surface area contributed by atoms with Crippen LogP contribution in [0.15, 0.2) is 237 Å². The highest BCUT2D eigenvalue weighted by Gasteiger charge is 2.25. The summed E-state index contributed by atoms with van der Waals surface area (Å²) in [5.74, 6) is 1.77. The second-order valence-corrected chi connectivity index (χ2v) is 18.6. The summed E-state index contributed by atoms with van der Waals surface area (Å²) in [5.41, 5.74) is 14.3. The van der Waals surface area contributed by atoms with Gasteiger partial charge in [0.2, 0.25) is 5.95 Å². The first kappa shape index (κ1) is 39.2. The Morgan fingerprint density at radius 3 is 1.29 bits per heavy atom. The summed E-state index contributed by atoms with van der Waals surface area (Å²) in [6.07, 6.45) is 0. The first-order valence-corrected chi connectivity index (χ1v) is 24.1. The van der Waals surface area contributed by atoms with Crippen LogP contribution in [0.4, 0.5) is 0 Å². The van der Waals surface area contributed by atoms with E-state index in [9.17, 15) is 0 Å². The highest BCUT2D eigenvalue weighted by molar-refractivity contribution is 7.26. The molecular weight excluding hydrogens is 859 g/mol. The van der Waals surface area contributed by atoms with E-state index >= 15 is 0 Å². The van der Waals surface area contributed by atoms with Gasteiger partial charge < -0.3 is 4.57 Å². The van der Waals surface area contributed by atoms with Crippen LogP contribution in [0.1, 0.15) is 0 Å². The fourth-order valence-corrected chi connectivity index (χ4v) is 11.5. The van der Waals surface area contributed by atoms with Gasteiger partial charge in [0, 0.05) is 48.1 Å². The van der Waals surface area contributed by atoms with Crippen molar-refractivity contribution >= 4 is 75.1 Å². The number of rotatable bonds is 7. The lowest BCUT2D eigenvalue weighted by Gasteiger charge is -2.15. The molecule has 0 atom stereocenters. The average Bonchev–Trinajstić information content (AvgIpc) is 4.09. The Bertz CT molecular complexity index is 4270. The number of thiophene rings is 1. The molecule has 0 aliphatic heterocycles. The van der Waals surface area contributed by atoms with Crippen molar-refractivity contribution in [3.05, 3.63) is 237 Å². The van der Waals surface area contributed by atoms with Gasteiger partial charge >= 0.3 is 0 Å². The third kappa shape index (κ3) is 6.41. The number of para-hydroxylation sites is 2. The van der Waals surface area contributed by atoms with Crippen molar-refractivity contribution in [1.82, 2.24) is 24.1 Å². The van der Waals surface area contributed by atoms with Crippen molar-refractivity contribution in [2.45, 2.75) is 0 Å². The van der Waals surface area contributed by atoms with Crippen molar-refractivity contribution in [1.29, 1.82) is 0 Å². The van der Waals surface area contributed by atoms with Gasteiger partial charge in [-0.25, -0.2) is 4.98 Å². The fourth-order valence-electron chi connectivity index (χ4n) is 10.3. The topological polar surface area (TPSA) is 48.5 Å². The summed E-state index contributed by atoms with van der Waals surface area (Å²) in [5, 5.41) is 7.08. The molecule has 6 heteroatoms. The molecule has 322 valence electrons. The summed E-state index contributed by atoms with van der Waals surface area (Å²) in [7, 11) is 0. The predicted molar refractivity (Wildman–Crippen MR) is 289 cm³/mol. The van der Waals surface area contributed by atoms with E-state index in [1.807, 2.05) is 35.6 Å². The minimum absolute atomic E-state index is 0.556. The largest absolute Gasteiger partial charge is 0.306 e. The van der Waals surface area contributed by atoms with Gasteiger partial charge in [0.15, 0.2) is 11.6 Å². The molecular formula is C63H39N5S. The van der Waals surface area contributed by atoms with Crippen LogP contribution < -0.4 is 0 Å². The zero-order valence-electron chi connectivity index (χ0n) is 37.2. The summed E-state index contributed by atoms with van der Waals surface area (Å²) >= 11 is 1.86. The van der Waals surface area contributed by atoms with Crippen molar-refractivity contribution in [3.63, 3.8) is 0 Å². The summed E-state index contributed by atoms with van der Waals surface area (Å²) < 4.78 is 7.29. The minimum Gasteiger partial charge on any atom is -0.306 e. The maximum Gasteiger partial charge on any atom is 0.238 e. The van der Waals surface area contributed by atoms with Crippen LogP contribution in [0.25, 0.3) is 132 Å². The van der Waals surface area contributed by atoms with Crippen LogP contribution in [0.5, 0.6) is 0 Å². The van der Waals surface area contributed by atoms with Crippen LogP contribution in [0, 0.1) is 0 Å². The summed E-state index contributed by atoms with van der Waals surface area (Å²) in [4.78, 5) is 16.0. The average molecular weight is 898 g/mol. The Hall–Kier alpha value is -8.97. The zero-order valence-corrected chi connectivity index (χ0v) is 38.0. The lowest BCUT2D eigenvalue weighted by atomic mass is 9.98. The van der Waals surface area contributed by atoms with Crippen molar-refractivity contribution in [2.24, 2.45) is 0 Å². The molecule has 0 unspecified atom stereocenters. The van der Waals surface area contributed by atoms with Gasteiger partial charge in [0.05, 0.1) is 32.5 Å². The molecule has 0 amide bonds. The van der Waals surface area contributed by atoms with Crippen LogP contribution >= 0.6 is 11.3 Å². The number of aromatic nitrogens is 5. The minimum atomic E-state index is 0.556. The van der Waals surface area contributed by atoms with E-state index in [1.165, 1.54) is 36.7 Å². The molecule has 0 aliphatic rings. The zero-order chi connectivity index (χ0) is 45.4. The molecule has 0 fully saturated rings. The molecule has 69 heavy (non-hydrogen) atoms. The lowest BCUT2D eigenvalue weighted by Crippen LogP contribution is -2.07. The van der Waals surface area contributed by atoms with E-state index in [0.29, 0.717) is 17.6 Å². The molecule has 0 radical (unpaired) electrons. The standard InChI is InChI=1S/C63H39N5S/c1-4-16-40(17-5-1)42-28-30-44(31-29-42)47-38-53-50-24-12-15-27-57(50)69-60(53)56(39-47)67-54-25-13-10-22-48(54)51-36-37-52-49-23-11-14-26-55(49)68(59(52)58(51)67)63-65-61(45-20-8-3-9-21-45)64-62(66-63)46-34-32-43(33-35-46)41-18-6-2-7-19-41/h1-39H. The van der Waals surface area contributed by atoms with Crippen LogP contribution in [0.2, 0.25) is 0 Å². The van der Waals surface area contributed by atoms with Crippen molar-refractivity contribution < 1.29 is 0 Å². The van der Waals surface area contributed by atoms with Crippen molar-refractivity contribution in [2.75, 3.05) is 0 Å². The quantitative estimate of drug-likeness (QED) is 0.160. The van der Waals surface area contributed by atoms with Crippen LogP contribution in [-0.4, -0.2) is 24.1 Å². The Kier molecular flexibility index (Phi) is 9.00. The van der Waals surface area contributed by atoms with E-state index in [4.69, 9.17) is 15.0 Å². The maximum atomic E-state index is 5.43. The third-order valence-electron chi connectivity index (χ3n) is 13.6. The molecule has 14 aromatic rings. The number of benzene rings is 10. The number of nitrogens with zero attached hydrogens (tertiary/aromatic N) is 5. The Morgan fingerprint density at radius 1 is 0.290 bits per heavy atom. The second kappa shape index (κ2) is 15.8. The molecule has 0 spiro atoms. The Labute approximate surface area is 401 Å². The van der Waals surface area contributed by atoms with Crippen LogP contribution in [-0.2, 0) is 0 Å². The molecule has 0 saturated carbocycles. The van der Waals surface area contributed by atoms with Gasteiger partial charge in [0.1, 0.15) is 0 Å². The third-order valence-corrected chi connectivity index (χ3v) is 14.8. The highest BCUT2D eigenvalue weighted by Crippen LogP contribution is 2.46. The molecule has 0 bridgehead atoms. The predicted octanol–water partition coefficient (Wildman–Crippen LogP) is 16.8. The van der Waals surface area contributed by atoms with Gasteiger partial charge in [-0.15, -0.1) is 11.3 Å². The van der Waals surface area contributed by atoms with E-state index in [1.54, 1.807) is 0 Å². The first-order valence-electron chi connectivity index (χ1n) is 23.3. The molecule has 4 heterocycles. The Balaban J connectivity index is 1.07. The lowest BCUT2D eigenvalue weighted by molar-refractivity contribution is 0.953. The molecule has 0 N–H and O–H groups in total. The van der Waals surface area contributed by atoms with Gasteiger partial charge in [-0.05, 0) is 63.7 Å². The highest BCUT2D eigenvalue weighted by atomic mass is 32.1. The molecule has 0 saturated heterocycles. The smallest absolute Gasteiger partial charge is 0.238 e. The number of hydrogen-bond acceptors (Lipinski definition) is 4. The van der Waals surface area contributed by atoms with E-state index in [0.717, 1.165) is 77.3 Å². The summed E-state index contributed by atoms with van der Waals surface area (Å²) in [6.45, 7) is 0.